The summed E-state index contributed by atoms with van der Waals surface area (Å²) in [4.78, 5) is 18.9. The van der Waals surface area contributed by atoms with Crippen LogP contribution in [0.2, 0.25) is 0 Å². The summed E-state index contributed by atoms with van der Waals surface area (Å²) in [6.07, 6.45) is 0. The van der Waals surface area contributed by atoms with Crippen LogP contribution in [0.3, 0.4) is 0 Å². The van der Waals surface area contributed by atoms with Gasteiger partial charge in [-0.2, -0.15) is 0 Å². The van der Waals surface area contributed by atoms with Crippen molar-refractivity contribution in [3.63, 3.8) is 0 Å². The Morgan fingerprint density at radius 1 is 1.05 bits per heavy atom. The maximum Gasteiger partial charge on any atom is 0.166 e. The third-order valence-corrected chi connectivity index (χ3v) is 4.74. The van der Waals surface area contributed by atoms with E-state index >= 15 is 0 Å². The zero-order valence-electron chi connectivity index (χ0n) is 13.4. The molecular formula is C15H22N6O. The second-order valence-electron chi connectivity index (χ2n) is 6.14. The predicted octanol–water partition coefficient (Wildman–Crippen LogP) is 0.978. The zero-order valence-corrected chi connectivity index (χ0v) is 13.4. The molecule has 4 heterocycles. The van der Waals surface area contributed by atoms with Gasteiger partial charge in [0.05, 0.1) is 19.3 Å². The van der Waals surface area contributed by atoms with Crippen LogP contribution >= 0.6 is 0 Å². The molecule has 7 nitrogen and oxygen atoms in total. The number of fused-ring (bicyclic) bond motifs is 3. The molecule has 0 spiro atoms. The molecule has 0 saturated carbocycles. The van der Waals surface area contributed by atoms with Crippen LogP contribution in [0.1, 0.15) is 24.6 Å². The number of morpholine rings is 1. The van der Waals surface area contributed by atoms with Gasteiger partial charge in [0, 0.05) is 26.2 Å². The lowest BCUT2D eigenvalue weighted by molar-refractivity contribution is 0.122. The highest BCUT2D eigenvalue weighted by Gasteiger charge is 2.28. The number of hydrogen-bond donors (Lipinski definition) is 0. The number of aromatic nitrogens is 4. The summed E-state index contributed by atoms with van der Waals surface area (Å²) in [7, 11) is 2.15. The minimum absolute atomic E-state index is 0.306. The quantitative estimate of drug-likeness (QED) is 0.782. The third kappa shape index (κ3) is 2.07. The van der Waals surface area contributed by atoms with Gasteiger partial charge >= 0.3 is 0 Å². The number of imidazole rings is 1. The molecule has 0 aliphatic carbocycles. The predicted molar refractivity (Wildman–Crippen MR) is 84.1 cm³/mol. The van der Waals surface area contributed by atoms with Gasteiger partial charge in [0.1, 0.15) is 11.6 Å². The van der Waals surface area contributed by atoms with Gasteiger partial charge in [0.15, 0.2) is 17.0 Å². The molecule has 2 aliphatic rings. The van der Waals surface area contributed by atoms with Crippen molar-refractivity contribution in [2.75, 3.05) is 44.8 Å². The van der Waals surface area contributed by atoms with Crippen LogP contribution in [-0.2, 0) is 11.3 Å². The van der Waals surface area contributed by atoms with E-state index in [-0.39, 0.29) is 0 Å². The fourth-order valence-corrected chi connectivity index (χ4v) is 3.29. The molecule has 0 unspecified atom stereocenters. The Kier molecular flexibility index (Phi) is 3.27. The van der Waals surface area contributed by atoms with E-state index in [0.29, 0.717) is 6.04 Å². The van der Waals surface area contributed by atoms with E-state index in [1.807, 2.05) is 6.92 Å². The van der Waals surface area contributed by atoms with Gasteiger partial charge in [-0.25, -0.2) is 15.0 Å². The van der Waals surface area contributed by atoms with E-state index in [2.05, 4.69) is 38.3 Å². The second-order valence-corrected chi connectivity index (χ2v) is 6.14. The summed E-state index contributed by atoms with van der Waals surface area (Å²) in [6.45, 7) is 9.34. The Morgan fingerprint density at radius 3 is 2.59 bits per heavy atom. The number of hydrogen-bond acceptors (Lipinski definition) is 6. The summed E-state index contributed by atoms with van der Waals surface area (Å²) >= 11 is 0. The Labute approximate surface area is 129 Å². The van der Waals surface area contributed by atoms with E-state index in [0.717, 1.165) is 68.0 Å². The Hall–Kier alpha value is -1.73. The Balaban J connectivity index is 1.89. The molecule has 2 aromatic rings. The number of likely N-dealkylation sites (N-methyl/N-ethyl adjacent to an activating group) is 1. The maximum absolute atomic E-state index is 5.46. The van der Waals surface area contributed by atoms with Gasteiger partial charge in [-0.1, -0.05) is 0 Å². The van der Waals surface area contributed by atoms with Crippen LogP contribution in [0.5, 0.6) is 0 Å². The number of nitrogens with zero attached hydrogens (tertiary/aromatic N) is 6. The monoisotopic (exact) mass is 302 g/mol. The SMILES string of the molecule is Cc1nc(N2CCOCC2)c2nc3n(c2n1)CCN(C)[C@H]3C. The smallest absolute Gasteiger partial charge is 0.166 e. The minimum Gasteiger partial charge on any atom is -0.378 e. The van der Waals surface area contributed by atoms with E-state index in [4.69, 9.17) is 9.72 Å². The van der Waals surface area contributed by atoms with Crippen molar-refractivity contribution >= 4 is 17.0 Å². The van der Waals surface area contributed by atoms with Crippen molar-refractivity contribution in [2.45, 2.75) is 26.4 Å². The van der Waals surface area contributed by atoms with Crippen LogP contribution < -0.4 is 4.90 Å². The van der Waals surface area contributed by atoms with Crippen LogP contribution in [0, 0.1) is 6.92 Å². The first-order chi connectivity index (χ1) is 10.6. The second kappa shape index (κ2) is 5.17. The van der Waals surface area contributed by atoms with Crippen molar-refractivity contribution in [3.8, 4) is 0 Å². The summed E-state index contributed by atoms with van der Waals surface area (Å²) < 4.78 is 7.72. The first-order valence-corrected chi connectivity index (χ1v) is 7.93. The number of ether oxygens (including phenoxy) is 1. The van der Waals surface area contributed by atoms with Crippen molar-refractivity contribution in [2.24, 2.45) is 0 Å². The van der Waals surface area contributed by atoms with Gasteiger partial charge in [-0.3, -0.25) is 4.90 Å². The van der Waals surface area contributed by atoms with E-state index in [1.54, 1.807) is 0 Å². The third-order valence-electron chi connectivity index (χ3n) is 4.74. The molecule has 7 heteroatoms. The van der Waals surface area contributed by atoms with Gasteiger partial charge in [0.2, 0.25) is 0 Å². The highest BCUT2D eigenvalue weighted by molar-refractivity contribution is 5.84. The van der Waals surface area contributed by atoms with Crippen LogP contribution in [-0.4, -0.2) is 64.3 Å². The molecule has 0 bridgehead atoms. The standard InChI is InChI=1S/C15H22N6O/c1-10-13-18-12-14(20-6-8-22-9-7-20)16-11(2)17-15(12)21(13)5-4-19(10)3/h10H,4-9H2,1-3H3/t10-/m0/s1. The first kappa shape index (κ1) is 13.9. The summed E-state index contributed by atoms with van der Waals surface area (Å²) in [5, 5.41) is 0. The van der Waals surface area contributed by atoms with Gasteiger partial charge in [0.25, 0.3) is 0 Å². The molecule has 0 aromatic carbocycles. The topological polar surface area (TPSA) is 59.3 Å². The Bertz CT molecular complexity index is 706. The molecule has 1 saturated heterocycles. The summed E-state index contributed by atoms with van der Waals surface area (Å²) in [5.41, 5.74) is 1.91. The molecule has 118 valence electrons. The largest absolute Gasteiger partial charge is 0.378 e. The summed E-state index contributed by atoms with van der Waals surface area (Å²) in [6, 6.07) is 0.306. The van der Waals surface area contributed by atoms with Crippen molar-refractivity contribution in [3.05, 3.63) is 11.6 Å². The fourth-order valence-electron chi connectivity index (χ4n) is 3.29. The number of aryl methyl sites for hydroxylation is 1. The molecule has 0 radical (unpaired) electrons. The molecule has 1 fully saturated rings. The zero-order chi connectivity index (χ0) is 15.3. The maximum atomic E-state index is 5.46. The lowest BCUT2D eigenvalue weighted by Gasteiger charge is -2.30. The van der Waals surface area contributed by atoms with Crippen LogP contribution in [0.25, 0.3) is 11.2 Å². The molecule has 22 heavy (non-hydrogen) atoms. The molecule has 1 atom stereocenters. The minimum atomic E-state index is 0.306. The molecule has 0 amide bonds. The fraction of sp³-hybridized carbons (Fsp3) is 0.667. The average Bonchev–Trinajstić information content (AvgIpc) is 2.90. The van der Waals surface area contributed by atoms with Crippen molar-refractivity contribution in [1.82, 2.24) is 24.4 Å². The molecule has 2 aliphatic heterocycles. The van der Waals surface area contributed by atoms with Gasteiger partial charge in [-0.15, -0.1) is 0 Å². The lowest BCUT2D eigenvalue weighted by Crippen LogP contribution is -2.37. The van der Waals surface area contributed by atoms with Crippen LogP contribution in [0.4, 0.5) is 5.82 Å². The molecule has 2 aromatic heterocycles. The van der Waals surface area contributed by atoms with Crippen molar-refractivity contribution in [1.29, 1.82) is 0 Å². The summed E-state index contributed by atoms with van der Waals surface area (Å²) in [5.74, 6) is 2.86. The van der Waals surface area contributed by atoms with E-state index in [1.165, 1.54) is 0 Å². The Morgan fingerprint density at radius 2 is 1.82 bits per heavy atom. The lowest BCUT2D eigenvalue weighted by atomic mass is 10.2. The highest BCUT2D eigenvalue weighted by atomic mass is 16.5. The van der Waals surface area contributed by atoms with Crippen molar-refractivity contribution < 1.29 is 4.74 Å². The highest BCUT2D eigenvalue weighted by Crippen LogP contribution is 2.31. The van der Waals surface area contributed by atoms with E-state index in [9.17, 15) is 0 Å². The van der Waals surface area contributed by atoms with E-state index < -0.39 is 0 Å². The normalized spacial score (nSPS) is 23.0. The van der Waals surface area contributed by atoms with Gasteiger partial charge in [-0.05, 0) is 20.9 Å². The average molecular weight is 302 g/mol. The van der Waals surface area contributed by atoms with Gasteiger partial charge < -0.3 is 14.2 Å². The number of anilines is 1. The van der Waals surface area contributed by atoms with Crippen LogP contribution in [0.15, 0.2) is 0 Å². The first-order valence-electron chi connectivity index (χ1n) is 7.93. The number of rotatable bonds is 1. The molecule has 0 N–H and O–H groups in total. The molecular weight excluding hydrogens is 280 g/mol. The molecule has 4 rings (SSSR count).